The lowest BCUT2D eigenvalue weighted by Gasteiger charge is -2.36. The quantitative estimate of drug-likeness (QED) is 0.733. The Balaban J connectivity index is 1.59. The molecule has 2 heterocycles. The van der Waals surface area contributed by atoms with Crippen LogP contribution >= 0.6 is 0 Å². The number of piperidine rings is 1. The Hall–Kier alpha value is -0.450. The number of likely N-dealkylation sites (tertiary alicyclic amines) is 1. The molecule has 0 aromatic rings. The average molecular weight is 281 g/mol. The second kappa shape index (κ2) is 8.11. The smallest absolute Gasteiger partial charge is 0.146 e. The van der Waals surface area contributed by atoms with Crippen molar-refractivity contribution in [3.63, 3.8) is 0 Å². The number of ketones is 1. The standard InChI is InChI=1S/C16H31N3O/c1-3-16(20)14-19-12-10-18(11-13-19)9-8-17-6-4-15(2)5-7-17/h15H,3-14H2,1-2H3. The van der Waals surface area contributed by atoms with Crippen molar-refractivity contribution in [2.24, 2.45) is 5.92 Å². The van der Waals surface area contributed by atoms with Gasteiger partial charge in [-0.2, -0.15) is 0 Å². The number of carbonyl (C=O) groups excluding carboxylic acids is 1. The molecule has 2 fully saturated rings. The van der Waals surface area contributed by atoms with Crippen molar-refractivity contribution >= 4 is 5.78 Å². The van der Waals surface area contributed by atoms with Crippen LogP contribution in [0.1, 0.15) is 33.1 Å². The van der Waals surface area contributed by atoms with E-state index >= 15 is 0 Å². The first-order chi connectivity index (χ1) is 9.67. The van der Waals surface area contributed by atoms with Crippen molar-refractivity contribution < 1.29 is 4.79 Å². The summed E-state index contributed by atoms with van der Waals surface area (Å²) in [5.74, 6) is 1.30. The molecule has 0 aromatic carbocycles. The van der Waals surface area contributed by atoms with Crippen LogP contribution in [0.15, 0.2) is 0 Å². The molecule has 0 bridgehead atoms. The number of hydrogen-bond acceptors (Lipinski definition) is 4. The Morgan fingerprint density at radius 3 is 1.95 bits per heavy atom. The summed E-state index contributed by atoms with van der Waals surface area (Å²) in [6, 6.07) is 0. The molecule has 4 nitrogen and oxygen atoms in total. The van der Waals surface area contributed by atoms with E-state index in [1.54, 1.807) is 0 Å². The van der Waals surface area contributed by atoms with Gasteiger partial charge in [-0.15, -0.1) is 0 Å². The zero-order chi connectivity index (χ0) is 14.4. The van der Waals surface area contributed by atoms with E-state index in [1.165, 1.54) is 39.0 Å². The van der Waals surface area contributed by atoms with Gasteiger partial charge in [-0.25, -0.2) is 0 Å². The van der Waals surface area contributed by atoms with Crippen LogP contribution in [0.4, 0.5) is 0 Å². The molecule has 20 heavy (non-hydrogen) atoms. The summed E-state index contributed by atoms with van der Waals surface area (Å²) in [6.45, 7) is 14.3. The van der Waals surface area contributed by atoms with Gasteiger partial charge in [0.25, 0.3) is 0 Å². The summed E-state index contributed by atoms with van der Waals surface area (Å²) in [5.41, 5.74) is 0. The third-order valence-electron chi connectivity index (χ3n) is 4.87. The fourth-order valence-corrected chi connectivity index (χ4v) is 3.10. The first kappa shape index (κ1) is 15.9. The highest BCUT2D eigenvalue weighted by atomic mass is 16.1. The summed E-state index contributed by atoms with van der Waals surface area (Å²) >= 11 is 0. The van der Waals surface area contributed by atoms with Gasteiger partial charge < -0.3 is 4.90 Å². The lowest BCUT2D eigenvalue weighted by molar-refractivity contribution is -0.120. The van der Waals surface area contributed by atoms with Gasteiger partial charge in [-0.1, -0.05) is 13.8 Å². The SMILES string of the molecule is CCC(=O)CN1CCN(CCN2CCC(C)CC2)CC1. The maximum absolute atomic E-state index is 11.5. The zero-order valence-electron chi connectivity index (χ0n) is 13.3. The fraction of sp³-hybridized carbons (Fsp3) is 0.938. The van der Waals surface area contributed by atoms with Gasteiger partial charge in [-0.3, -0.25) is 14.6 Å². The zero-order valence-corrected chi connectivity index (χ0v) is 13.3. The Morgan fingerprint density at radius 2 is 1.40 bits per heavy atom. The number of rotatable bonds is 6. The second-order valence-corrected chi connectivity index (χ2v) is 6.53. The first-order valence-electron chi connectivity index (χ1n) is 8.36. The molecule has 0 aliphatic carbocycles. The molecule has 0 atom stereocenters. The molecule has 0 aromatic heterocycles. The van der Waals surface area contributed by atoms with Gasteiger partial charge >= 0.3 is 0 Å². The van der Waals surface area contributed by atoms with Crippen LogP contribution < -0.4 is 0 Å². The maximum atomic E-state index is 11.5. The van der Waals surface area contributed by atoms with E-state index in [0.717, 1.165) is 32.1 Å². The maximum Gasteiger partial charge on any atom is 0.146 e. The highest BCUT2D eigenvalue weighted by Gasteiger charge is 2.20. The third kappa shape index (κ3) is 5.15. The third-order valence-corrected chi connectivity index (χ3v) is 4.87. The van der Waals surface area contributed by atoms with Crippen LogP contribution in [0, 0.1) is 5.92 Å². The predicted molar refractivity (Wildman–Crippen MR) is 83.0 cm³/mol. The molecule has 2 aliphatic rings. The molecule has 116 valence electrons. The molecule has 0 amide bonds. The fourth-order valence-electron chi connectivity index (χ4n) is 3.10. The second-order valence-electron chi connectivity index (χ2n) is 6.53. The van der Waals surface area contributed by atoms with Gasteiger partial charge in [-0.05, 0) is 31.8 Å². The lowest BCUT2D eigenvalue weighted by atomic mass is 9.99. The average Bonchev–Trinajstić information content (AvgIpc) is 2.48. The van der Waals surface area contributed by atoms with E-state index < -0.39 is 0 Å². The van der Waals surface area contributed by atoms with Crippen LogP contribution in [0.3, 0.4) is 0 Å². The Morgan fingerprint density at radius 1 is 0.900 bits per heavy atom. The van der Waals surface area contributed by atoms with E-state index in [1.807, 2.05) is 6.92 Å². The predicted octanol–water partition coefficient (Wildman–Crippen LogP) is 1.32. The molecular weight excluding hydrogens is 250 g/mol. The van der Waals surface area contributed by atoms with Crippen molar-refractivity contribution in [3.05, 3.63) is 0 Å². The van der Waals surface area contributed by atoms with E-state index in [9.17, 15) is 4.79 Å². The summed E-state index contributed by atoms with van der Waals surface area (Å²) in [6.07, 6.45) is 3.41. The van der Waals surface area contributed by atoms with Gasteiger partial charge in [0.1, 0.15) is 5.78 Å². The van der Waals surface area contributed by atoms with Crippen LogP contribution in [0.5, 0.6) is 0 Å². The molecule has 2 rings (SSSR count). The molecule has 0 unspecified atom stereocenters. The highest BCUT2D eigenvalue weighted by Crippen LogP contribution is 2.15. The van der Waals surface area contributed by atoms with Gasteiger partial charge in [0.15, 0.2) is 0 Å². The van der Waals surface area contributed by atoms with Crippen LogP contribution in [0.25, 0.3) is 0 Å². The molecule has 0 radical (unpaired) electrons. The van der Waals surface area contributed by atoms with E-state index in [2.05, 4.69) is 21.6 Å². The van der Waals surface area contributed by atoms with Gasteiger partial charge in [0.05, 0.1) is 6.54 Å². The molecule has 0 spiro atoms. The highest BCUT2D eigenvalue weighted by molar-refractivity contribution is 5.80. The Kier molecular flexibility index (Phi) is 6.46. The minimum atomic E-state index is 0.376. The molecule has 4 heteroatoms. The van der Waals surface area contributed by atoms with Gasteiger partial charge in [0.2, 0.25) is 0 Å². The van der Waals surface area contributed by atoms with Crippen LogP contribution in [-0.2, 0) is 4.79 Å². The molecule has 0 N–H and O–H groups in total. The minimum absolute atomic E-state index is 0.376. The van der Waals surface area contributed by atoms with E-state index in [-0.39, 0.29) is 0 Å². The largest absolute Gasteiger partial charge is 0.302 e. The van der Waals surface area contributed by atoms with E-state index in [0.29, 0.717) is 18.7 Å². The Bertz CT molecular complexity index is 292. The number of carbonyl (C=O) groups is 1. The molecule has 2 aliphatic heterocycles. The molecule has 0 saturated carbocycles. The van der Waals surface area contributed by atoms with Crippen molar-refractivity contribution in [1.29, 1.82) is 0 Å². The van der Waals surface area contributed by atoms with Crippen molar-refractivity contribution in [3.8, 4) is 0 Å². The normalized spacial score (nSPS) is 24.1. The summed E-state index contributed by atoms with van der Waals surface area (Å²) in [4.78, 5) is 18.9. The summed E-state index contributed by atoms with van der Waals surface area (Å²) in [7, 11) is 0. The summed E-state index contributed by atoms with van der Waals surface area (Å²) < 4.78 is 0. The van der Waals surface area contributed by atoms with Crippen LogP contribution in [0.2, 0.25) is 0 Å². The number of Topliss-reactive ketones (excluding diaryl/α,β-unsaturated/α-hetero) is 1. The number of hydrogen-bond donors (Lipinski definition) is 0. The Labute approximate surface area is 124 Å². The van der Waals surface area contributed by atoms with Crippen molar-refractivity contribution in [1.82, 2.24) is 14.7 Å². The first-order valence-corrected chi connectivity index (χ1v) is 8.36. The lowest BCUT2D eigenvalue weighted by Crippen LogP contribution is -2.50. The van der Waals surface area contributed by atoms with Crippen LogP contribution in [-0.4, -0.2) is 79.4 Å². The minimum Gasteiger partial charge on any atom is -0.302 e. The van der Waals surface area contributed by atoms with Gasteiger partial charge in [0, 0.05) is 45.7 Å². The molecular formula is C16H31N3O. The molecule has 2 saturated heterocycles. The number of piperazine rings is 1. The topological polar surface area (TPSA) is 26.8 Å². The van der Waals surface area contributed by atoms with Crippen molar-refractivity contribution in [2.45, 2.75) is 33.1 Å². The summed E-state index contributed by atoms with van der Waals surface area (Å²) in [5, 5.41) is 0. The number of nitrogens with zero attached hydrogens (tertiary/aromatic N) is 3. The monoisotopic (exact) mass is 281 g/mol. The van der Waals surface area contributed by atoms with Crippen molar-refractivity contribution in [2.75, 3.05) is 58.9 Å². The van der Waals surface area contributed by atoms with E-state index in [4.69, 9.17) is 0 Å².